The van der Waals surface area contributed by atoms with Crippen molar-refractivity contribution >= 4 is 23.4 Å². The molecular weight excluding hydrogens is 280 g/mol. The normalized spacial score (nSPS) is 17.0. The summed E-state index contributed by atoms with van der Waals surface area (Å²) in [5, 5.41) is 10.5. The number of phenolic OH excluding ortho intramolecular Hbond substituents is 1. The van der Waals surface area contributed by atoms with Crippen molar-refractivity contribution in [2.24, 2.45) is 0 Å². The molecule has 2 aromatic rings. The minimum Gasteiger partial charge on any atom is -0.507 e. The van der Waals surface area contributed by atoms with Crippen LogP contribution in [0.3, 0.4) is 0 Å². The molecule has 0 spiro atoms. The number of phenols is 1. The lowest BCUT2D eigenvalue weighted by Gasteiger charge is -2.10. The first kappa shape index (κ1) is 12.7. The van der Waals surface area contributed by atoms with Crippen molar-refractivity contribution in [2.75, 3.05) is 5.75 Å². The van der Waals surface area contributed by atoms with Crippen LogP contribution in [0.15, 0.2) is 47.4 Å². The van der Waals surface area contributed by atoms with Gasteiger partial charge in [0.15, 0.2) is 0 Å². The number of fused-ring (bicyclic) bond motifs is 1. The molecule has 0 saturated heterocycles. The summed E-state index contributed by atoms with van der Waals surface area (Å²) < 4.78 is 5.86. The Morgan fingerprint density at radius 1 is 1.26 bits per heavy atom. The third kappa shape index (κ3) is 2.82. The zero-order valence-electron chi connectivity index (χ0n) is 10.2. The minimum absolute atomic E-state index is 0.137. The van der Waals surface area contributed by atoms with Crippen molar-refractivity contribution in [3.05, 3.63) is 53.1 Å². The summed E-state index contributed by atoms with van der Waals surface area (Å²) in [6.07, 6.45) is 1.01. The van der Waals surface area contributed by atoms with Gasteiger partial charge in [0, 0.05) is 22.1 Å². The Morgan fingerprint density at radius 2 is 2.11 bits per heavy atom. The van der Waals surface area contributed by atoms with Crippen LogP contribution >= 0.6 is 23.4 Å². The van der Waals surface area contributed by atoms with E-state index in [0.29, 0.717) is 5.75 Å². The molecule has 1 heterocycles. The Bertz CT molecular complexity index is 600. The highest BCUT2D eigenvalue weighted by atomic mass is 35.5. The molecule has 0 amide bonds. The molecule has 0 radical (unpaired) electrons. The van der Waals surface area contributed by atoms with Gasteiger partial charge in [0.05, 0.1) is 0 Å². The van der Waals surface area contributed by atoms with Crippen LogP contribution < -0.4 is 4.74 Å². The van der Waals surface area contributed by atoms with Gasteiger partial charge in [-0.25, -0.2) is 0 Å². The van der Waals surface area contributed by atoms with Gasteiger partial charge in [0.1, 0.15) is 17.6 Å². The van der Waals surface area contributed by atoms with Crippen molar-refractivity contribution in [3.8, 4) is 11.5 Å². The fourth-order valence-electron chi connectivity index (χ4n) is 2.14. The Hall–Kier alpha value is -1.32. The number of rotatable bonds is 3. The fourth-order valence-corrected chi connectivity index (χ4v) is 3.28. The number of benzene rings is 2. The number of para-hydroxylation sites is 1. The molecule has 0 bridgehead atoms. The van der Waals surface area contributed by atoms with Gasteiger partial charge in [0.2, 0.25) is 0 Å². The van der Waals surface area contributed by atoms with E-state index in [4.69, 9.17) is 16.3 Å². The van der Waals surface area contributed by atoms with Gasteiger partial charge in [-0.3, -0.25) is 0 Å². The standard InChI is InChI=1S/C15H13ClO2S/c16-11-5-6-14-10(7-11)8-12(18-14)9-19-15-4-2-1-3-13(15)17/h1-7,12,17H,8-9H2. The van der Waals surface area contributed by atoms with Crippen LogP contribution in [0.25, 0.3) is 0 Å². The van der Waals surface area contributed by atoms with Crippen molar-refractivity contribution < 1.29 is 9.84 Å². The van der Waals surface area contributed by atoms with Crippen molar-refractivity contribution in [1.29, 1.82) is 0 Å². The van der Waals surface area contributed by atoms with Gasteiger partial charge in [0.25, 0.3) is 0 Å². The van der Waals surface area contributed by atoms with E-state index < -0.39 is 0 Å². The molecule has 1 N–H and O–H groups in total. The number of ether oxygens (including phenoxy) is 1. The van der Waals surface area contributed by atoms with Crippen LogP contribution in [0.4, 0.5) is 0 Å². The third-order valence-corrected chi connectivity index (χ3v) is 4.48. The predicted molar refractivity (Wildman–Crippen MR) is 78.4 cm³/mol. The minimum atomic E-state index is 0.137. The van der Waals surface area contributed by atoms with Crippen LogP contribution in [0, 0.1) is 0 Å². The number of aromatic hydroxyl groups is 1. The van der Waals surface area contributed by atoms with E-state index in [9.17, 15) is 5.11 Å². The second-order valence-corrected chi connectivity index (χ2v) is 5.97. The summed E-state index contributed by atoms with van der Waals surface area (Å²) in [6.45, 7) is 0. The van der Waals surface area contributed by atoms with Gasteiger partial charge in [-0.1, -0.05) is 23.7 Å². The highest BCUT2D eigenvalue weighted by Gasteiger charge is 2.23. The molecule has 2 nitrogen and oxygen atoms in total. The summed E-state index contributed by atoms with van der Waals surface area (Å²) in [5.74, 6) is 2.06. The SMILES string of the molecule is Oc1ccccc1SCC1Cc2cc(Cl)ccc2O1. The molecule has 4 heteroatoms. The van der Waals surface area contributed by atoms with E-state index in [-0.39, 0.29) is 6.10 Å². The first-order valence-corrected chi connectivity index (χ1v) is 7.44. The smallest absolute Gasteiger partial charge is 0.129 e. The molecule has 0 saturated carbocycles. The molecule has 19 heavy (non-hydrogen) atoms. The van der Waals surface area contributed by atoms with Crippen molar-refractivity contribution in [3.63, 3.8) is 0 Å². The van der Waals surface area contributed by atoms with Gasteiger partial charge in [-0.15, -0.1) is 11.8 Å². The summed E-state index contributed by atoms with van der Waals surface area (Å²) in [6, 6.07) is 13.1. The van der Waals surface area contributed by atoms with E-state index in [2.05, 4.69) is 0 Å². The van der Waals surface area contributed by atoms with Gasteiger partial charge in [-0.05, 0) is 35.9 Å². The van der Waals surface area contributed by atoms with E-state index in [0.717, 1.165) is 33.4 Å². The summed E-state index contributed by atoms with van der Waals surface area (Å²) in [7, 11) is 0. The average molecular weight is 293 g/mol. The quantitative estimate of drug-likeness (QED) is 0.862. The second-order valence-electron chi connectivity index (χ2n) is 4.47. The highest BCUT2D eigenvalue weighted by Crippen LogP contribution is 2.35. The van der Waals surface area contributed by atoms with Gasteiger partial charge < -0.3 is 9.84 Å². The molecule has 98 valence electrons. The van der Waals surface area contributed by atoms with Crippen LogP contribution in [-0.2, 0) is 6.42 Å². The first-order valence-electron chi connectivity index (χ1n) is 6.08. The lowest BCUT2D eigenvalue weighted by Crippen LogP contribution is -2.15. The second kappa shape index (κ2) is 5.35. The maximum absolute atomic E-state index is 9.72. The van der Waals surface area contributed by atoms with Crippen LogP contribution in [0.5, 0.6) is 11.5 Å². The van der Waals surface area contributed by atoms with E-state index in [1.807, 2.05) is 36.4 Å². The molecule has 0 aliphatic carbocycles. The molecule has 2 aromatic carbocycles. The van der Waals surface area contributed by atoms with E-state index in [1.54, 1.807) is 17.8 Å². The Kier molecular flexibility index (Phi) is 3.58. The lowest BCUT2D eigenvalue weighted by atomic mass is 10.1. The van der Waals surface area contributed by atoms with Crippen LogP contribution in [0.2, 0.25) is 5.02 Å². The number of hydrogen-bond acceptors (Lipinski definition) is 3. The third-order valence-electron chi connectivity index (χ3n) is 3.05. The maximum Gasteiger partial charge on any atom is 0.129 e. The van der Waals surface area contributed by atoms with E-state index >= 15 is 0 Å². The predicted octanol–water partition coefficient (Wildman–Crippen LogP) is 4.14. The summed E-state index contributed by atoms with van der Waals surface area (Å²) in [5.41, 5.74) is 1.16. The monoisotopic (exact) mass is 292 g/mol. The molecule has 1 unspecified atom stereocenters. The molecule has 1 atom stereocenters. The zero-order chi connectivity index (χ0) is 13.2. The van der Waals surface area contributed by atoms with Crippen molar-refractivity contribution in [2.45, 2.75) is 17.4 Å². The molecule has 1 aliphatic rings. The largest absolute Gasteiger partial charge is 0.507 e. The molecule has 1 aliphatic heterocycles. The Labute approximate surface area is 121 Å². The number of thioether (sulfide) groups is 1. The van der Waals surface area contributed by atoms with E-state index in [1.165, 1.54) is 0 Å². The first-order chi connectivity index (χ1) is 9.22. The number of halogens is 1. The van der Waals surface area contributed by atoms with Gasteiger partial charge >= 0.3 is 0 Å². The average Bonchev–Trinajstić information content (AvgIpc) is 2.79. The molecule has 0 fully saturated rings. The Balaban J connectivity index is 1.63. The molecule has 3 rings (SSSR count). The van der Waals surface area contributed by atoms with Crippen LogP contribution in [-0.4, -0.2) is 17.0 Å². The van der Waals surface area contributed by atoms with Gasteiger partial charge in [-0.2, -0.15) is 0 Å². The fraction of sp³-hybridized carbons (Fsp3) is 0.200. The summed E-state index contributed by atoms with van der Waals surface area (Å²) >= 11 is 7.58. The zero-order valence-corrected chi connectivity index (χ0v) is 11.7. The molecular formula is C15H13ClO2S. The topological polar surface area (TPSA) is 29.5 Å². The maximum atomic E-state index is 9.72. The summed E-state index contributed by atoms with van der Waals surface area (Å²) in [4.78, 5) is 0.889. The number of hydrogen-bond donors (Lipinski definition) is 1. The molecule has 0 aromatic heterocycles. The Morgan fingerprint density at radius 3 is 2.95 bits per heavy atom. The van der Waals surface area contributed by atoms with Crippen LogP contribution in [0.1, 0.15) is 5.56 Å². The van der Waals surface area contributed by atoms with Crippen molar-refractivity contribution in [1.82, 2.24) is 0 Å². The lowest BCUT2D eigenvalue weighted by molar-refractivity contribution is 0.259. The highest BCUT2D eigenvalue weighted by molar-refractivity contribution is 7.99.